The van der Waals surface area contributed by atoms with Crippen LogP contribution in [0.15, 0.2) is 78.9 Å². The first-order chi connectivity index (χ1) is 23.4. The molecule has 244 valence electrons. The summed E-state index contributed by atoms with van der Waals surface area (Å²) in [6.45, 7) is 4.02. The number of amides is 2. The Kier molecular flexibility index (Phi) is 8.74. The van der Waals surface area contributed by atoms with Gasteiger partial charge in [-0.05, 0) is 79.6 Å². The molecule has 1 unspecified atom stereocenters. The van der Waals surface area contributed by atoms with Crippen LogP contribution in [-0.2, 0) is 9.59 Å². The Morgan fingerprint density at radius 3 is 2.52 bits per heavy atom. The minimum atomic E-state index is -0.799. The maximum Gasteiger partial charge on any atom is 0.236 e. The van der Waals surface area contributed by atoms with Crippen molar-refractivity contribution in [3.8, 4) is 23.7 Å². The number of nitrogens with zero attached hydrogens (tertiary/aromatic N) is 6. The fourth-order valence-electron chi connectivity index (χ4n) is 6.88. The van der Waals surface area contributed by atoms with Crippen LogP contribution in [-0.4, -0.2) is 87.6 Å². The zero-order valence-corrected chi connectivity index (χ0v) is 26.7. The molecule has 1 atom stereocenters. The summed E-state index contributed by atoms with van der Waals surface area (Å²) in [6.07, 6.45) is 14.2. The van der Waals surface area contributed by atoms with E-state index in [1.54, 1.807) is 24.5 Å². The predicted molar refractivity (Wildman–Crippen MR) is 184 cm³/mol. The van der Waals surface area contributed by atoms with Gasteiger partial charge in [-0.25, -0.2) is 14.4 Å². The van der Waals surface area contributed by atoms with E-state index in [-0.39, 0.29) is 30.6 Å². The highest BCUT2D eigenvalue weighted by Gasteiger charge is 2.44. The number of likely N-dealkylation sites (tertiary alicyclic amines) is 1. The van der Waals surface area contributed by atoms with Gasteiger partial charge >= 0.3 is 0 Å². The minimum Gasteiger partial charge on any atom is -0.368 e. The van der Waals surface area contributed by atoms with E-state index in [2.05, 4.69) is 53.3 Å². The molecular formula is C37H37FN8O2. The molecule has 2 fully saturated rings. The van der Waals surface area contributed by atoms with Crippen molar-refractivity contribution in [1.82, 2.24) is 30.0 Å². The van der Waals surface area contributed by atoms with Crippen LogP contribution in [0.2, 0.25) is 0 Å². The van der Waals surface area contributed by atoms with Crippen molar-refractivity contribution in [1.29, 1.82) is 0 Å². The number of carbonyl (C=O) groups excluding carboxylic acids is 2. The summed E-state index contributed by atoms with van der Waals surface area (Å²) < 4.78 is 13.6. The van der Waals surface area contributed by atoms with Gasteiger partial charge in [-0.3, -0.25) is 19.6 Å². The van der Waals surface area contributed by atoms with Gasteiger partial charge in [0, 0.05) is 80.3 Å². The van der Waals surface area contributed by atoms with Crippen molar-refractivity contribution in [2.75, 3.05) is 56.0 Å². The number of anilines is 2. The van der Waals surface area contributed by atoms with Gasteiger partial charge in [0.1, 0.15) is 5.83 Å². The first-order valence-electron chi connectivity index (χ1n) is 16.3. The number of H-pyrrole nitrogens is 1. The number of terminal acetylenes is 1. The molecule has 2 aromatic carbocycles. The highest BCUT2D eigenvalue weighted by Crippen LogP contribution is 2.37. The van der Waals surface area contributed by atoms with Crippen molar-refractivity contribution in [3.05, 3.63) is 84.6 Å². The van der Waals surface area contributed by atoms with Crippen molar-refractivity contribution >= 4 is 39.7 Å². The number of fused-ring (bicyclic) bond motifs is 1. The minimum absolute atomic E-state index is 0.0628. The molecule has 2 amide bonds. The van der Waals surface area contributed by atoms with Gasteiger partial charge in [0.05, 0.1) is 23.2 Å². The van der Waals surface area contributed by atoms with Crippen molar-refractivity contribution in [3.63, 3.8) is 0 Å². The van der Waals surface area contributed by atoms with Gasteiger partial charge in [-0.15, -0.1) is 12.3 Å². The molecule has 48 heavy (non-hydrogen) atoms. The van der Waals surface area contributed by atoms with E-state index < -0.39 is 5.41 Å². The van der Waals surface area contributed by atoms with Crippen LogP contribution >= 0.6 is 0 Å². The van der Waals surface area contributed by atoms with E-state index in [1.807, 2.05) is 35.2 Å². The number of benzene rings is 2. The van der Waals surface area contributed by atoms with Gasteiger partial charge in [0.15, 0.2) is 5.82 Å². The standard InChI is InChI=1S/C37H37FN8O2/c1-2-14-37(36(48)41-29-10-13-32-31(23-29)34(43-42-32)26-4-8-28(38)9-5-26)15-18-44(25-37)24-33(47)46-21-19-45(20-22-46)30-11-6-27(7-12-30)35-39-16-3-17-40-35/h1,3-4,6-8,10-13,16-17,23H,5,9,14-15,18-22,24-25H2,(H,41,48)(H,42,43). The molecule has 0 bridgehead atoms. The number of allylic oxidation sites excluding steroid dienone is 4. The number of aromatic amines is 1. The van der Waals surface area contributed by atoms with Gasteiger partial charge in [-0.2, -0.15) is 5.10 Å². The lowest BCUT2D eigenvalue weighted by atomic mass is 9.82. The van der Waals surface area contributed by atoms with Crippen LogP contribution in [0.5, 0.6) is 0 Å². The molecule has 0 saturated carbocycles. The Bertz CT molecular complexity index is 1920. The highest BCUT2D eigenvalue weighted by atomic mass is 19.1. The second-order valence-corrected chi connectivity index (χ2v) is 12.7. The Morgan fingerprint density at radius 1 is 1.00 bits per heavy atom. The lowest BCUT2D eigenvalue weighted by Crippen LogP contribution is -2.51. The molecule has 0 radical (unpaired) electrons. The number of carbonyl (C=O) groups is 2. The van der Waals surface area contributed by atoms with E-state index in [0.717, 1.165) is 46.5 Å². The summed E-state index contributed by atoms with van der Waals surface area (Å²) in [5.74, 6) is 3.18. The normalized spacial score (nSPS) is 19.9. The lowest BCUT2D eigenvalue weighted by molar-refractivity contribution is -0.133. The average Bonchev–Trinajstić information content (AvgIpc) is 3.74. The number of nitrogens with one attached hydrogen (secondary N) is 2. The van der Waals surface area contributed by atoms with E-state index in [9.17, 15) is 14.0 Å². The highest BCUT2D eigenvalue weighted by molar-refractivity contribution is 5.99. The molecule has 1 aliphatic carbocycles. The smallest absolute Gasteiger partial charge is 0.236 e. The number of hydrogen-bond acceptors (Lipinski definition) is 7. The van der Waals surface area contributed by atoms with Crippen LogP contribution < -0.4 is 10.2 Å². The maximum atomic E-state index is 13.8. The van der Waals surface area contributed by atoms with E-state index >= 15 is 0 Å². The van der Waals surface area contributed by atoms with Crippen LogP contribution in [0.25, 0.3) is 27.9 Å². The lowest BCUT2D eigenvalue weighted by Gasteiger charge is -2.37. The van der Waals surface area contributed by atoms with Crippen molar-refractivity contribution in [2.45, 2.75) is 25.7 Å². The Morgan fingerprint density at radius 2 is 1.79 bits per heavy atom. The van der Waals surface area contributed by atoms with Crippen LogP contribution in [0.1, 0.15) is 31.4 Å². The molecule has 7 rings (SSSR count). The molecule has 10 nitrogen and oxygen atoms in total. The van der Waals surface area contributed by atoms with Crippen LogP contribution in [0.4, 0.5) is 15.8 Å². The molecule has 3 aliphatic rings. The fraction of sp³-hybridized carbons (Fsp3) is 0.324. The Balaban J connectivity index is 0.951. The summed E-state index contributed by atoms with van der Waals surface area (Å²) in [6, 6.07) is 15.6. The van der Waals surface area contributed by atoms with Crippen LogP contribution in [0.3, 0.4) is 0 Å². The predicted octanol–water partition coefficient (Wildman–Crippen LogP) is 5.05. The SMILES string of the molecule is C#CCC1(C(=O)Nc2ccc3[nH]nc(C4=CC=C(F)CC4)c3c2)CCN(CC(=O)N2CCN(c3ccc(-c4ncccn4)cc3)CC2)C1. The van der Waals surface area contributed by atoms with Crippen LogP contribution in [0, 0.1) is 17.8 Å². The largest absolute Gasteiger partial charge is 0.368 e. The molecule has 2 aromatic heterocycles. The Labute approximate surface area is 278 Å². The zero-order valence-electron chi connectivity index (χ0n) is 26.7. The first-order valence-corrected chi connectivity index (χ1v) is 16.3. The summed E-state index contributed by atoms with van der Waals surface area (Å²) >= 11 is 0. The Hall–Kier alpha value is -5.34. The number of aromatic nitrogens is 4. The molecule has 11 heteroatoms. The van der Waals surface area contributed by atoms with Gasteiger partial charge in [0.25, 0.3) is 0 Å². The third kappa shape index (κ3) is 6.44. The van der Waals surface area contributed by atoms with Gasteiger partial charge in [0.2, 0.25) is 11.8 Å². The molecule has 2 aliphatic heterocycles. The topological polar surface area (TPSA) is 110 Å². The van der Waals surface area contributed by atoms with Crippen molar-refractivity contribution < 1.29 is 14.0 Å². The van der Waals surface area contributed by atoms with E-state index in [0.29, 0.717) is 57.0 Å². The first kappa shape index (κ1) is 31.3. The summed E-state index contributed by atoms with van der Waals surface area (Å²) in [5.41, 5.74) is 4.44. The molecular weight excluding hydrogens is 607 g/mol. The van der Waals surface area contributed by atoms with Gasteiger partial charge < -0.3 is 15.1 Å². The fourth-order valence-corrected chi connectivity index (χ4v) is 6.88. The maximum absolute atomic E-state index is 13.8. The second kappa shape index (κ2) is 13.4. The number of hydrogen-bond donors (Lipinski definition) is 2. The summed E-state index contributed by atoms with van der Waals surface area (Å²) in [4.78, 5) is 42.1. The quantitative estimate of drug-likeness (QED) is 0.258. The molecule has 2 N–H and O–H groups in total. The monoisotopic (exact) mass is 644 g/mol. The summed E-state index contributed by atoms with van der Waals surface area (Å²) in [7, 11) is 0. The second-order valence-electron chi connectivity index (χ2n) is 12.7. The average molecular weight is 645 g/mol. The molecule has 4 heterocycles. The zero-order chi connectivity index (χ0) is 33.1. The number of rotatable bonds is 8. The number of piperazine rings is 1. The summed E-state index contributed by atoms with van der Waals surface area (Å²) in [5, 5.41) is 11.5. The molecule has 0 spiro atoms. The van der Waals surface area contributed by atoms with E-state index in [1.165, 1.54) is 6.08 Å². The van der Waals surface area contributed by atoms with Gasteiger partial charge in [-0.1, -0.05) is 6.08 Å². The third-order valence-electron chi connectivity index (χ3n) is 9.63. The molecule has 2 saturated heterocycles. The third-order valence-corrected chi connectivity index (χ3v) is 9.63. The molecule has 4 aromatic rings. The van der Waals surface area contributed by atoms with E-state index in [4.69, 9.17) is 6.42 Å². The van der Waals surface area contributed by atoms with Crippen molar-refractivity contribution in [2.24, 2.45) is 5.41 Å². The number of halogens is 1.